The summed E-state index contributed by atoms with van der Waals surface area (Å²) in [6.45, 7) is 1.56. The van der Waals surface area contributed by atoms with Crippen LogP contribution in [0.5, 0.6) is 17.2 Å². The molecule has 4 rings (SSSR count). The molecule has 0 fully saturated rings. The highest BCUT2D eigenvalue weighted by Crippen LogP contribution is 2.33. The van der Waals surface area contributed by atoms with Crippen molar-refractivity contribution in [1.29, 1.82) is 0 Å². The van der Waals surface area contributed by atoms with E-state index < -0.39 is 0 Å². The molecule has 144 valence electrons. The maximum atomic E-state index is 12.3. The number of rotatable bonds is 4. The Kier molecular flexibility index (Phi) is 5.21. The minimum atomic E-state index is -0.190. The van der Waals surface area contributed by atoms with Gasteiger partial charge in [0.2, 0.25) is 0 Å². The van der Waals surface area contributed by atoms with Crippen LogP contribution < -0.4 is 19.8 Å². The van der Waals surface area contributed by atoms with Crippen LogP contribution in [0.4, 0.5) is 0 Å². The summed E-state index contributed by atoms with van der Waals surface area (Å²) in [5.74, 6) is 2.01. The first-order valence-electron chi connectivity index (χ1n) is 8.94. The fraction of sp³-hybridized carbons (Fsp3) is 0.238. The van der Waals surface area contributed by atoms with Gasteiger partial charge in [0.25, 0.3) is 5.56 Å². The number of fused-ring (bicyclic) bond motifs is 1. The molecule has 2 heterocycles. The molecule has 0 N–H and O–H groups in total. The SMILES string of the molecule is COc1ccc(Cn2nc(-c3ccc4c(c3)OCCCO4)ccc2=O)cc1Cl. The van der Waals surface area contributed by atoms with Crippen LogP contribution in [0.3, 0.4) is 0 Å². The van der Waals surface area contributed by atoms with E-state index in [1.807, 2.05) is 24.3 Å². The summed E-state index contributed by atoms with van der Waals surface area (Å²) in [5.41, 5.74) is 2.20. The minimum absolute atomic E-state index is 0.190. The number of nitrogens with zero attached hydrogens (tertiary/aromatic N) is 2. The summed E-state index contributed by atoms with van der Waals surface area (Å²) >= 11 is 6.18. The summed E-state index contributed by atoms with van der Waals surface area (Å²) in [4.78, 5) is 12.3. The van der Waals surface area contributed by atoms with E-state index >= 15 is 0 Å². The van der Waals surface area contributed by atoms with Gasteiger partial charge in [-0.3, -0.25) is 4.79 Å². The second-order valence-electron chi connectivity index (χ2n) is 6.40. The van der Waals surface area contributed by atoms with Gasteiger partial charge in [-0.15, -0.1) is 0 Å². The fourth-order valence-electron chi connectivity index (χ4n) is 3.02. The first-order valence-corrected chi connectivity index (χ1v) is 9.32. The molecule has 0 atom stereocenters. The smallest absolute Gasteiger partial charge is 0.267 e. The number of aromatic nitrogens is 2. The molecule has 0 bridgehead atoms. The van der Waals surface area contributed by atoms with Crippen molar-refractivity contribution in [3.63, 3.8) is 0 Å². The molecule has 0 amide bonds. The number of benzene rings is 2. The normalized spacial score (nSPS) is 13.1. The monoisotopic (exact) mass is 398 g/mol. The summed E-state index contributed by atoms with van der Waals surface area (Å²) in [5, 5.41) is 5.01. The first-order chi connectivity index (χ1) is 13.6. The summed E-state index contributed by atoms with van der Waals surface area (Å²) < 4.78 is 18.0. The third-order valence-electron chi connectivity index (χ3n) is 4.46. The van der Waals surface area contributed by atoms with Crippen molar-refractivity contribution in [3.8, 4) is 28.5 Å². The van der Waals surface area contributed by atoms with E-state index in [9.17, 15) is 4.79 Å². The van der Waals surface area contributed by atoms with Crippen molar-refractivity contribution in [2.24, 2.45) is 0 Å². The molecule has 6 nitrogen and oxygen atoms in total. The Hall–Kier alpha value is -2.99. The third kappa shape index (κ3) is 3.82. The van der Waals surface area contributed by atoms with Crippen molar-refractivity contribution >= 4 is 11.6 Å². The number of halogens is 1. The molecule has 0 saturated heterocycles. The first kappa shape index (κ1) is 18.4. The lowest BCUT2D eigenvalue weighted by molar-refractivity contribution is 0.297. The zero-order valence-corrected chi connectivity index (χ0v) is 16.1. The summed E-state index contributed by atoms with van der Waals surface area (Å²) in [6, 6.07) is 14.3. The van der Waals surface area contributed by atoms with E-state index in [0.717, 1.165) is 23.3 Å². The summed E-state index contributed by atoms with van der Waals surface area (Å²) in [6.07, 6.45) is 0.845. The molecule has 28 heavy (non-hydrogen) atoms. The van der Waals surface area contributed by atoms with Crippen LogP contribution in [-0.4, -0.2) is 30.1 Å². The fourth-order valence-corrected chi connectivity index (χ4v) is 3.30. The highest BCUT2D eigenvalue weighted by Gasteiger charge is 2.13. The van der Waals surface area contributed by atoms with Gasteiger partial charge in [-0.05, 0) is 42.0 Å². The highest BCUT2D eigenvalue weighted by molar-refractivity contribution is 6.32. The number of methoxy groups -OCH3 is 1. The van der Waals surface area contributed by atoms with Crippen LogP contribution in [0.1, 0.15) is 12.0 Å². The molecule has 0 radical (unpaired) electrons. The Labute approximate surface area is 167 Å². The van der Waals surface area contributed by atoms with Crippen molar-refractivity contribution < 1.29 is 14.2 Å². The van der Waals surface area contributed by atoms with Gasteiger partial charge >= 0.3 is 0 Å². The average Bonchev–Trinajstić information content (AvgIpc) is 2.94. The molecule has 1 aliphatic rings. The van der Waals surface area contributed by atoms with Gasteiger partial charge in [0.05, 0.1) is 37.6 Å². The van der Waals surface area contributed by atoms with E-state index in [0.29, 0.717) is 42.0 Å². The van der Waals surface area contributed by atoms with Gasteiger partial charge in [0.1, 0.15) is 5.75 Å². The minimum Gasteiger partial charge on any atom is -0.495 e. The van der Waals surface area contributed by atoms with Gasteiger partial charge in [-0.2, -0.15) is 5.10 Å². The Morgan fingerprint density at radius 3 is 2.68 bits per heavy atom. The molecule has 7 heteroatoms. The topological polar surface area (TPSA) is 62.6 Å². The molecule has 0 saturated carbocycles. The van der Waals surface area contributed by atoms with E-state index in [2.05, 4.69) is 5.10 Å². The predicted octanol–water partition coefficient (Wildman–Crippen LogP) is 3.78. The highest BCUT2D eigenvalue weighted by atomic mass is 35.5. The van der Waals surface area contributed by atoms with Crippen LogP contribution in [0.2, 0.25) is 5.02 Å². The molecule has 0 unspecified atom stereocenters. The Balaban J connectivity index is 1.65. The molecule has 1 aromatic heterocycles. The van der Waals surface area contributed by atoms with E-state index in [-0.39, 0.29) is 5.56 Å². The maximum absolute atomic E-state index is 12.3. The second-order valence-corrected chi connectivity index (χ2v) is 6.80. The number of ether oxygens (including phenoxy) is 3. The Morgan fingerprint density at radius 1 is 1.07 bits per heavy atom. The van der Waals surface area contributed by atoms with Gasteiger partial charge in [-0.1, -0.05) is 17.7 Å². The zero-order chi connectivity index (χ0) is 19.5. The molecule has 1 aliphatic heterocycles. The molecular weight excluding hydrogens is 380 g/mol. The van der Waals surface area contributed by atoms with E-state index in [1.54, 1.807) is 25.3 Å². The number of hydrogen-bond acceptors (Lipinski definition) is 5. The van der Waals surface area contributed by atoms with Gasteiger partial charge in [0, 0.05) is 18.1 Å². The van der Waals surface area contributed by atoms with E-state index in [4.69, 9.17) is 25.8 Å². The summed E-state index contributed by atoms with van der Waals surface area (Å²) in [7, 11) is 1.56. The second kappa shape index (κ2) is 7.94. The molecule has 0 aliphatic carbocycles. The molecule has 3 aromatic rings. The Bertz CT molecular complexity index is 1060. The lowest BCUT2D eigenvalue weighted by Crippen LogP contribution is -2.22. The number of hydrogen-bond donors (Lipinski definition) is 0. The Morgan fingerprint density at radius 2 is 1.89 bits per heavy atom. The third-order valence-corrected chi connectivity index (χ3v) is 4.75. The molecule has 2 aromatic carbocycles. The van der Waals surface area contributed by atoms with Crippen LogP contribution in [0, 0.1) is 0 Å². The van der Waals surface area contributed by atoms with E-state index in [1.165, 1.54) is 10.7 Å². The molecule has 0 spiro atoms. The average molecular weight is 399 g/mol. The van der Waals surface area contributed by atoms with Crippen molar-refractivity contribution in [2.75, 3.05) is 20.3 Å². The largest absolute Gasteiger partial charge is 0.495 e. The van der Waals surface area contributed by atoms with Crippen molar-refractivity contribution in [3.05, 3.63) is 69.5 Å². The van der Waals surface area contributed by atoms with Crippen molar-refractivity contribution in [2.45, 2.75) is 13.0 Å². The zero-order valence-electron chi connectivity index (χ0n) is 15.4. The van der Waals surface area contributed by atoms with Crippen LogP contribution in [0.25, 0.3) is 11.3 Å². The molecular formula is C21H19ClN2O4. The lowest BCUT2D eigenvalue weighted by atomic mass is 10.1. The quantitative estimate of drug-likeness (QED) is 0.669. The van der Waals surface area contributed by atoms with Crippen LogP contribution in [0.15, 0.2) is 53.3 Å². The van der Waals surface area contributed by atoms with Gasteiger partial charge in [-0.25, -0.2) is 4.68 Å². The maximum Gasteiger partial charge on any atom is 0.267 e. The predicted molar refractivity (Wildman–Crippen MR) is 107 cm³/mol. The standard InChI is InChI=1S/C21H19ClN2O4/c1-26-18-6-3-14(11-16(18)22)13-24-21(25)8-5-17(23-24)15-4-7-19-20(12-15)28-10-2-9-27-19/h3-8,11-12H,2,9-10,13H2,1H3. The van der Waals surface area contributed by atoms with Crippen molar-refractivity contribution in [1.82, 2.24) is 9.78 Å². The van der Waals surface area contributed by atoms with Gasteiger partial charge < -0.3 is 14.2 Å². The van der Waals surface area contributed by atoms with Crippen LogP contribution in [-0.2, 0) is 6.54 Å². The van der Waals surface area contributed by atoms with Crippen LogP contribution >= 0.6 is 11.6 Å². The lowest BCUT2D eigenvalue weighted by Gasteiger charge is -2.11. The van der Waals surface area contributed by atoms with Gasteiger partial charge in [0.15, 0.2) is 11.5 Å².